The highest BCUT2D eigenvalue weighted by atomic mass is 32.3. The van der Waals surface area contributed by atoms with Crippen LogP contribution in [0.2, 0.25) is 0 Å². The molecule has 0 bridgehead atoms. The van der Waals surface area contributed by atoms with Crippen molar-refractivity contribution in [1.82, 2.24) is 15.0 Å². The van der Waals surface area contributed by atoms with E-state index in [-0.39, 0.29) is 11.4 Å². The number of ether oxygens (including phenoxy) is 1. The zero-order valence-corrected chi connectivity index (χ0v) is 17.9. The summed E-state index contributed by atoms with van der Waals surface area (Å²) in [5.74, 6) is 0.530. The molecule has 0 aliphatic carbocycles. The number of halogens is 1. The quantitative estimate of drug-likeness (QED) is 0.213. The van der Waals surface area contributed by atoms with Crippen LogP contribution in [-0.4, -0.2) is 44.1 Å². The van der Waals surface area contributed by atoms with Crippen molar-refractivity contribution in [1.29, 1.82) is 5.26 Å². The summed E-state index contributed by atoms with van der Waals surface area (Å²) in [6.07, 6.45) is 3.97. The average molecular weight is 443 g/mol. The molecule has 154 valence electrons. The summed E-state index contributed by atoms with van der Waals surface area (Å²) in [7, 11) is 1.61. The second-order valence-corrected chi connectivity index (χ2v) is 9.09. The molecule has 3 aromatic rings. The molecule has 2 heterocycles. The van der Waals surface area contributed by atoms with Gasteiger partial charge in [0.25, 0.3) is 0 Å². The number of aromatic nitrogens is 3. The van der Waals surface area contributed by atoms with E-state index in [0.717, 1.165) is 0 Å². The largest absolute Gasteiger partial charge is 0.616 e. The molecule has 6 nitrogen and oxygen atoms in total. The lowest BCUT2D eigenvalue weighted by molar-refractivity contribution is 0.199. The highest BCUT2D eigenvalue weighted by Gasteiger charge is 2.19. The van der Waals surface area contributed by atoms with Crippen LogP contribution < -0.4 is 0 Å². The highest BCUT2D eigenvalue weighted by molar-refractivity contribution is 8.12. The molecular weight excluding hydrogens is 423 g/mol. The van der Waals surface area contributed by atoms with Gasteiger partial charge in [-0.1, -0.05) is 11.8 Å². The van der Waals surface area contributed by atoms with Gasteiger partial charge in [0.05, 0.1) is 12.3 Å². The number of nitriles is 1. The monoisotopic (exact) mass is 442 g/mol. The van der Waals surface area contributed by atoms with Crippen molar-refractivity contribution in [2.45, 2.75) is 11.4 Å². The minimum absolute atomic E-state index is 0.271. The maximum absolute atomic E-state index is 13.4. The van der Waals surface area contributed by atoms with Crippen LogP contribution >= 0.6 is 11.8 Å². The van der Waals surface area contributed by atoms with Crippen molar-refractivity contribution >= 4 is 22.9 Å². The summed E-state index contributed by atoms with van der Waals surface area (Å²) in [5, 5.41) is 10.5. The van der Waals surface area contributed by atoms with Gasteiger partial charge in [0, 0.05) is 37.1 Å². The van der Waals surface area contributed by atoms with Crippen LogP contribution in [0.15, 0.2) is 53.8 Å². The number of thioether (sulfide) groups is 1. The van der Waals surface area contributed by atoms with Gasteiger partial charge in [0.15, 0.2) is 10.9 Å². The summed E-state index contributed by atoms with van der Waals surface area (Å²) in [5.41, 5.74) is 1.96. The Bertz CT molecular complexity index is 1010. The molecule has 3 rings (SSSR count). The van der Waals surface area contributed by atoms with E-state index in [0.29, 0.717) is 51.5 Å². The van der Waals surface area contributed by atoms with Crippen LogP contribution in [0.5, 0.6) is 0 Å². The van der Waals surface area contributed by atoms with Crippen LogP contribution in [0.1, 0.15) is 12.0 Å². The summed E-state index contributed by atoms with van der Waals surface area (Å²) in [4.78, 5) is 13.2. The molecule has 0 aliphatic rings. The Morgan fingerprint density at radius 3 is 2.67 bits per heavy atom. The first kappa shape index (κ1) is 22.2. The SMILES string of the molecule is COCCC[S+]([O-])CSc1nc(-c2cccnc2)nc(-c2ccc(F)cc2)c1C#N. The van der Waals surface area contributed by atoms with Gasteiger partial charge in [-0.05, 0) is 47.6 Å². The fourth-order valence-electron chi connectivity index (χ4n) is 2.63. The van der Waals surface area contributed by atoms with Gasteiger partial charge in [0.2, 0.25) is 0 Å². The Labute approximate surface area is 181 Å². The van der Waals surface area contributed by atoms with Crippen molar-refractivity contribution < 1.29 is 13.7 Å². The van der Waals surface area contributed by atoms with E-state index in [1.165, 1.54) is 23.9 Å². The van der Waals surface area contributed by atoms with Gasteiger partial charge in [-0.2, -0.15) is 5.26 Å². The number of hydrogen-bond acceptors (Lipinski definition) is 7. The van der Waals surface area contributed by atoms with E-state index in [1.807, 2.05) is 6.07 Å². The summed E-state index contributed by atoms with van der Waals surface area (Å²) in [6, 6.07) is 11.5. The standard InChI is InChI=1S/C21H19FN4O2S2/c1-28-10-3-11-30(27)14-29-21-18(12-23)19(15-5-7-17(22)8-6-15)25-20(26-21)16-4-2-9-24-13-16/h2,4-9,13H,3,10-11,14H2,1H3. The third-order valence-corrected chi connectivity index (χ3v) is 6.91. The van der Waals surface area contributed by atoms with Crippen molar-refractivity contribution in [2.75, 3.05) is 24.6 Å². The lowest BCUT2D eigenvalue weighted by Crippen LogP contribution is -2.11. The number of pyridine rings is 1. The Morgan fingerprint density at radius 2 is 2.00 bits per heavy atom. The molecule has 2 aromatic heterocycles. The molecule has 1 unspecified atom stereocenters. The van der Waals surface area contributed by atoms with E-state index in [9.17, 15) is 14.2 Å². The zero-order chi connectivity index (χ0) is 21.3. The van der Waals surface area contributed by atoms with E-state index in [2.05, 4.69) is 21.0 Å². The number of benzene rings is 1. The zero-order valence-electron chi connectivity index (χ0n) is 16.2. The fourth-order valence-corrected chi connectivity index (χ4v) is 4.95. The predicted molar refractivity (Wildman–Crippen MR) is 116 cm³/mol. The molecular formula is C21H19FN4O2S2. The van der Waals surface area contributed by atoms with E-state index >= 15 is 0 Å². The second-order valence-electron chi connectivity index (χ2n) is 6.19. The molecule has 0 aliphatic heterocycles. The van der Waals surface area contributed by atoms with E-state index in [1.54, 1.807) is 37.7 Å². The van der Waals surface area contributed by atoms with Gasteiger partial charge < -0.3 is 9.29 Å². The molecule has 1 atom stereocenters. The lowest BCUT2D eigenvalue weighted by Gasteiger charge is -2.13. The van der Waals surface area contributed by atoms with Gasteiger partial charge >= 0.3 is 0 Å². The number of methoxy groups -OCH3 is 1. The van der Waals surface area contributed by atoms with Gasteiger partial charge in [-0.3, -0.25) is 4.98 Å². The Kier molecular flexibility index (Phi) is 8.16. The van der Waals surface area contributed by atoms with Crippen molar-refractivity contribution in [3.05, 3.63) is 60.2 Å². The third-order valence-electron chi connectivity index (χ3n) is 4.07. The molecule has 0 saturated heterocycles. The molecule has 0 amide bonds. The smallest absolute Gasteiger partial charge is 0.162 e. The van der Waals surface area contributed by atoms with Crippen LogP contribution in [0.4, 0.5) is 4.39 Å². The Morgan fingerprint density at radius 1 is 1.20 bits per heavy atom. The molecule has 9 heteroatoms. The van der Waals surface area contributed by atoms with Crippen LogP contribution in [0.3, 0.4) is 0 Å². The topological polar surface area (TPSA) is 94.8 Å². The first-order valence-electron chi connectivity index (χ1n) is 9.07. The molecule has 0 fully saturated rings. The minimum Gasteiger partial charge on any atom is -0.616 e. The lowest BCUT2D eigenvalue weighted by atomic mass is 10.1. The molecule has 30 heavy (non-hydrogen) atoms. The fraction of sp³-hybridized carbons (Fsp3) is 0.238. The van der Waals surface area contributed by atoms with Crippen molar-refractivity contribution in [3.8, 4) is 28.7 Å². The maximum Gasteiger partial charge on any atom is 0.162 e. The summed E-state index contributed by atoms with van der Waals surface area (Å²) in [6.45, 7) is 0.549. The van der Waals surface area contributed by atoms with Crippen LogP contribution in [-0.2, 0) is 15.9 Å². The average Bonchev–Trinajstić information content (AvgIpc) is 2.78. The molecule has 0 spiro atoms. The third kappa shape index (κ3) is 5.77. The first-order valence-corrected chi connectivity index (χ1v) is 11.5. The van der Waals surface area contributed by atoms with Gasteiger partial charge in [-0.15, -0.1) is 0 Å². The van der Waals surface area contributed by atoms with Crippen LogP contribution in [0.25, 0.3) is 22.6 Å². The first-order chi connectivity index (χ1) is 14.6. The highest BCUT2D eigenvalue weighted by Crippen LogP contribution is 2.32. The molecule has 0 radical (unpaired) electrons. The molecule has 0 saturated carbocycles. The van der Waals surface area contributed by atoms with Crippen LogP contribution in [0, 0.1) is 17.1 Å². The second kappa shape index (κ2) is 11.0. The maximum atomic E-state index is 13.4. The van der Waals surface area contributed by atoms with Crippen molar-refractivity contribution in [3.63, 3.8) is 0 Å². The number of nitrogens with zero attached hydrogens (tertiary/aromatic N) is 4. The van der Waals surface area contributed by atoms with E-state index in [4.69, 9.17) is 4.74 Å². The summed E-state index contributed by atoms with van der Waals surface area (Å²) < 4.78 is 30.7. The van der Waals surface area contributed by atoms with Crippen molar-refractivity contribution in [2.24, 2.45) is 0 Å². The minimum atomic E-state index is -1.09. The summed E-state index contributed by atoms with van der Waals surface area (Å²) >= 11 is 0.163. The number of rotatable bonds is 9. The molecule has 0 N–H and O–H groups in total. The van der Waals surface area contributed by atoms with Gasteiger partial charge in [-0.25, -0.2) is 14.4 Å². The van der Waals surface area contributed by atoms with Gasteiger partial charge in [0.1, 0.15) is 28.2 Å². The Balaban J connectivity index is 1.98. The molecule has 1 aromatic carbocycles. The predicted octanol–water partition coefficient (Wildman–Crippen LogP) is 4.05. The number of hydrogen-bond donors (Lipinski definition) is 0. The van der Waals surface area contributed by atoms with E-state index < -0.39 is 11.2 Å². The normalized spacial score (nSPS) is 11.8. The Hall–Kier alpha value is -2.51.